The third kappa shape index (κ3) is 3.38. The van der Waals surface area contributed by atoms with Gasteiger partial charge in [-0.1, -0.05) is 19.1 Å². The minimum absolute atomic E-state index is 0.0308. The molecule has 0 radical (unpaired) electrons. The van der Waals surface area contributed by atoms with Crippen LogP contribution in [0.25, 0.3) is 11.0 Å². The molecule has 124 valence electrons. The number of hydrogen-bond donors (Lipinski definition) is 1. The molecule has 5 nitrogen and oxygen atoms in total. The SMILES string of the molecule is CCc1nc(CCNC(=O)c2cc(=O)c3ccccc3o2)sc1C. The minimum Gasteiger partial charge on any atom is -0.451 e. The highest BCUT2D eigenvalue weighted by Gasteiger charge is 2.12. The zero-order valence-electron chi connectivity index (χ0n) is 13.6. The first-order valence-electron chi connectivity index (χ1n) is 7.84. The van der Waals surface area contributed by atoms with Crippen LogP contribution in [0.4, 0.5) is 0 Å². The molecule has 2 heterocycles. The number of carbonyl (C=O) groups is 1. The Bertz CT molecular complexity index is 943. The van der Waals surface area contributed by atoms with Crippen molar-refractivity contribution in [2.24, 2.45) is 0 Å². The molecule has 0 saturated carbocycles. The molecule has 3 aromatic rings. The van der Waals surface area contributed by atoms with Crippen LogP contribution < -0.4 is 10.7 Å². The molecule has 3 rings (SSSR count). The van der Waals surface area contributed by atoms with Gasteiger partial charge in [0.05, 0.1) is 16.1 Å². The lowest BCUT2D eigenvalue weighted by Gasteiger charge is -2.04. The van der Waals surface area contributed by atoms with Crippen molar-refractivity contribution in [3.8, 4) is 0 Å². The van der Waals surface area contributed by atoms with Crippen molar-refractivity contribution in [1.29, 1.82) is 0 Å². The molecule has 0 aliphatic heterocycles. The predicted molar refractivity (Wildman–Crippen MR) is 94.8 cm³/mol. The average molecular weight is 342 g/mol. The Morgan fingerprint density at radius 1 is 1.33 bits per heavy atom. The number of para-hydroxylation sites is 1. The van der Waals surface area contributed by atoms with Gasteiger partial charge < -0.3 is 9.73 Å². The first kappa shape index (κ1) is 16.4. The fourth-order valence-corrected chi connectivity index (χ4v) is 3.53. The molecule has 0 bridgehead atoms. The van der Waals surface area contributed by atoms with E-state index in [1.54, 1.807) is 35.6 Å². The molecule has 24 heavy (non-hydrogen) atoms. The van der Waals surface area contributed by atoms with Crippen LogP contribution in [0.5, 0.6) is 0 Å². The number of fused-ring (bicyclic) bond motifs is 1. The summed E-state index contributed by atoms with van der Waals surface area (Å²) in [4.78, 5) is 30.0. The summed E-state index contributed by atoms with van der Waals surface area (Å²) >= 11 is 1.65. The Morgan fingerprint density at radius 3 is 2.88 bits per heavy atom. The lowest BCUT2D eigenvalue weighted by atomic mass is 10.2. The van der Waals surface area contributed by atoms with Crippen LogP contribution in [0, 0.1) is 6.92 Å². The summed E-state index contributed by atoms with van der Waals surface area (Å²) in [5.41, 5.74) is 1.31. The van der Waals surface area contributed by atoms with E-state index in [1.165, 1.54) is 10.9 Å². The number of aryl methyl sites for hydroxylation is 2. The maximum absolute atomic E-state index is 12.2. The maximum Gasteiger partial charge on any atom is 0.287 e. The van der Waals surface area contributed by atoms with Gasteiger partial charge in [0.1, 0.15) is 5.58 Å². The summed E-state index contributed by atoms with van der Waals surface area (Å²) in [6, 6.07) is 8.13. The lowest BCUT2D eigenvalue weighted by molar-refractivity contribution is 0.0927. The van der Waals surface area contributed by atoms with Crippen molar-refractivity contribution in [1.82, 2.24) is 10.3 Å². The van der Waals surface area contributed by atoms with Crippen molar-refractivity contribution >= 4 is 28.2 Å². The molecule has 2 aromatic heterocycles. The Balaban J connectivity index is 1.67. The van der Waals surface area contributed by atoms with Crippen molar-refractivity contribution in [2.75, 3.05) is 6.54 Å². The van der Waals surface area contributed by atoms with Crippen molar-refractivity contribution < 1.29 is 9.21 Å². The molecule has 0 atom stereocenters. The largest absolute Gasteiger partial charge is 0.451 e. The highest BCUT2D eigenvalue weighted by Crippen LogP contribution is 2.18. The third-order valence-corrected chi connectivity index (χ3v) is 4.83. The van der Waals surface area contributed by atoms with E-state index >= 15 is 0 Å². The molecule has 6 heteroatoms. The van der Waals surface area contributed by atoms with E-state index in [1.807, 2.05) is 0 Å². The standard InChI is InChI=1S/C18H18N2O3S/c1-3-13-11(2)24-17(20-13)8-9-19-18(22)16-10-14(21)12-6-4-5-7-15(12)23-16/h4-7,10H,3,8-9H2,1-2H3,(H,19,22). The van der Waals surface area contributed by atoms with Gasteiger partial charge in [-0.15, -0.1) is 11.3 Å². The number of nitrogens with one attached hydrogen (secondary N) is 1. The molecule has 1 amide bonds. The van der Waals surface area contributed by atoms with Crippen molar-refractivity contribution in [3.63, 3.8) is 0 Å². The number of amides is 1. The number of benzene rings is 1. The quantitative estimate of drug-likeness (QED) is 0.773. The van der Waals surface area contributed by atoms with Crippen molar-refractivity contribution in [3.05, 3.63) is 61.9 Å². The van der Waals surface area contributed by atoms with E-state index in [2.05, 4.69) is 24.1 Å². The Hall–Kier alpha value is -2.47. The summed E-state index contributed by atoms with van der Waals surface area (Å²) in [6.07, 6.45) is 1.58. The smallest absolute Gasteiger partial charge is 0.287 e. The molecule has 1 N–H and O–H groups in total. The second-order valence-electron chi connectivity index (χ2n) is 5.44. The van der Waals surface area contributed by atoms with E-state index in [-0.39, 0.29) is 17.1 Å². The topological polar surface area (TPSA) is 72.2 Å². The fraction of sp³-hybridized carbons (Fsp3) is 0.278. The molecule has 0 aliphatic rings. The number of carbonyl (C=O) groups excluding carboxylic acids is 1. The highest BCUT2D eigenvalue weighted by molar-refractivity contribution is 7.11. The summed E-state index contributed by atoms with van der Waals surface area (Å²) < 4.78 is 5.52. The molecule has 0 aliphatic carbocycles. The van der Waals surface area contributed by atoms with E-state index < -0.39 is 0 Å². The fourth-order valence-electron chi connectivity index (χ4n) is 2.51. The minimum atomic E-state index is -0.387. The van der Waals surface area contributed by atoms with Gasteiger partial charge in [-0.3, -0.25) is 9.59 Å². The monoisotopic (exact) mass is 342 g/mol. The molecule has 0 unspecified atom stereocenters. The Kier molecular flexibility index (Phi) is 4.76. The number of nitrogens with zero attached hydrogens (tertiary/aromatic N) is 1. The molecule has 0 spiro atoms. The molecular formula is C18H18N2O3S. The molecule has 1 aromatic carbocycles. The summed E-state index contributed by atoms with van der Waals surface area (Å²) in [6.45, 7) is 4.59. The predicted octanol–water partition coefficient (Wildman–Crippen LogP) is 3.09. The number of hydrogen-bond acceptors (Lipinski definition) is 5. The van der Waals surface area contributed by atoms with Crippen LogP contribution in [0.1, 0.15) is 33.1 Å². The van der Waals surface area contributed by atoms with Gasteiger partial charge in [0, 0.05) is 23.9 Å². The van der Waals surface area contributed by atoms with Crippen LogP contribution in [0.15, 0.2) is 39.5 Å². The second kappa shape index (κ2) is 6.97. The van der Waals surface area contributed by atoms with Crippen LogP contribution in [-0.2, 0) is 12.8 Å². The summed E-state index contributed by atoms with van der Waals surface area (Å²) in [5.74, 6) is -0.356. The third-order valence-electron chi connectivity index (χ3n) is 3.75. The Labute approximate surface area is 143 Å². The molecular weight excluding hydrogens is 324 g/mol. The first-order chi connectivity index (χ1) is 11.6. The van der Waals surface area contributed by atoms with E-state index in [0.717, 1.165) is 17.1 Å². The zero-order valence-corrected chi connectivity index (χ0v) is 14.4. The number of thiazole rings is 1. The second-order valence-corrected chi connectivity index (χ2v) is 6.73. The van der Waals surface area contributed by atoms with Crippen LogP contribution in [0.3, 0.4) is 0 Å². The van der Waals surface area contributed by atoms with Gasteiger partial charge in [0.2, 0.25) is 0 Å². The van der Waals surface area contributed by atoms with Gasteiger partial charge >= 0.3 is 0 Å². The maximum atomic E-state index is 12.2. The number of rotatable bonds is 5. The molecule has 0 saturated heterocycles. The van der Waals surface area contributed by atoms with Gasteiger partial charge in [0.15, 0.2) is 11.2 Å². The molecule has 0 fully saturated rings. The van der Waals surface area contributed by atoms with E-state index in [0.29, 0.717) is 23.9 Å². The number of aromatic nitrogens is 1. The lowest BCUT2D eigenvalue weighted by Crippen LogP contribution is -2.26. The van der Waals surface area contributed by atoms with Gasteiger partial charge in [0.25, 0.3) is 5.91 Å². The van der Waals surface area contributed by atoms with Crippen LogP contribution in [0.2, 0.25) is 0 Å². The summed E-state index contributed by atoms with van der Waals surface area (Å²) in [7, 11) is 0. The zero-order chi connectivity index (χ0) is 17.1. The van der Waals surface area contributed by atoms with Gasteiger partial charge in [-0.2, -0.15) is 0 Å². The highest BCUT2D eigenvalue weighted by atomic mass is 32.1. The van der Waals surface area contributed by atoms with Gasteiger partial charge in [-0.25, -0.2) is 4.98 Å². The van der Waals surface area contributed by atoms with E-state index in [4.69, 9.17) is 4.42 Å². The van der Waals surface area contributed by atoms with E-state index in [9.17, 15) is 9.59 Å². The van der Waals surface area contributed by atoms with Gasteiger partial charge in [-0.05, 0) is 25.5 Å². The average Bonchev–Trinajstić information content (AvgIpc) is 2.94. The van der Waals surface area contributed by atoms with Crippen molar-refractivity contribution in [2.45, 2.75) is 26.7 Å². The van der Waals surface area contributed by atoms with Crippen LogP contribution in [-0.4, -0.2) is 17.4 Å². The normalized spacial score (nSPS) is 10.9. The first-order valence-corrected chi connectivity index (χ1v) is 8.66. The van der Waals surface area contributed by atoms with Crippen LogP contribution >= 0.6 is 11.3 Å². The summed E-state index contributed by atoms with van der Waals surface area (Å²) in [5, 5.41) is 4.26. The Morgan fingerprint density at radius 2 is 2.12 bits per heavy atom.